The van der Waals surface area contributed by atoms with E-state index in [1.807, 2.05) is 17.7 Å². The molecule has 2 aromatic carbocycles. The molecule has 0 aliphatic carbocycles. The van der Waals surface area contributed by atoms with Crippen molar-refractivity contribution in [2.24, 2.45) is 7.05 Å². The zero-order valence-electron chi connectivity index (χ0n) is 20.1. The molecule has 27 heavy (non-hydrogen) atoms. The van der Waals surface area contributed by atoms with Crippen molar-refractivity contribution in [3.05, 3.63) is 77.0 Å². The third-order valence-corrected chi connectivity index (χ3v) is 9.93. The van der Waals surface area contributed by atoms with Crippen molar-refractivity contribution in [1.29, 1.82) is 0 Å². The molecular formula is C25H30NSi+. The third-order valence-electron chi connectivity index (χ3n) is 6.38. The lowest BCUT2D eigenvalue weighted by Gasteiger charge is -2.44. The molecule has 0 fully saturated rings. The van der Waals surface area contributed by atoms with Crippen LogP contribution in [0.25, 0.3) is 11.3 Å². The Morgan fingerprint density at radius 1 is 0.963 bits per heavy atom. The molecule has 0 amide bonds. The number of aromatic nitrogens is 1. The lowest BCUT2D eigenvalue weighted by atomic mass is 9.76. The molecule has 0 unspecified atom stereocenters. The molecule has 138 valence electrons. The predicted octanol–water partition coefficient (Wildman–Crippen LogP) is 4.26. The van der Waals surface area contributed by atoms with Gasteiger partial charge in [0.05, 0.1) is 0 Å². The SMILES string of the molecule is [2H]C([2H])([2H])c1ccc(-c2c(C)ccc3c2[Si](C)(C)c2ccccc2C3(C)C)[n+](C)c1. The standard InChI is InChI=1S/C25H30NSi/c1-17-12-15-21(26(5)16-17)23-18(2)13-14-20-24(23)27(6,7)22-11-9-8-10-19(22)25(20,3)4/h8-16H,1-7H3/q+1/i1D3. The summed E-state index contributed by atoms with van der Waals surface area (Å²) in [6, 6.07) is 17.2. The molecule has 2 heteroatoms. The minimum atomic E-state index is -2.10. The number of aryl methyl sites for hydroxylation is 3. The highest BCUT2D eigenvalue weighted by molar-refractivity contribution is 7.02. The van der Waals surface area contributed by atoms with Gasteiger partial charge in [0.1, 0.15) is 15.1 Å². The second-order valence-electron chi connectivity index (χ2n) is 8.89. The van der Waals surface area contributed by atoms with E-state index >= 15 is 0 Å². The van der Waals surface area contributed by atoms with E-state index < -0.39 is 14.9 Å². The first-order valence-electron chi connectivity index (χ1n) is 11.1. The molecule has 4 rings (SSSR count). The molecular weight excluding hydrogens is 342 g/mol. The van der Waals surface area contributed by atoms with Crippen LogP contribution in [-0.4, -0.2) is 8.07 Å². The van der Waals surface area contributed by atoms with Gasteiger partial charge in [0, 0.05) is 26.7 Å². The summed E-state index contributed by atoms with van der Waals surface area (Å²) in [7, 11) is -0.0187. The van der Waals surface area contributed by atoms with Crippen LogP contribution < -0.4 is 14.9 Å². The maximum absolute atomic E-state index is 7.76. The molecule has 2 heterocycles. The van der Waals surface area contributed by atoms with E-state index in [1.54, 1.807) is 12.3 Å². The van der Waals surface area contributed by atoms with Crippen LogP contribution in [0.3, 0.4) is 0 Å². The summed E-state index contributed by atoms with van der Waals surface area (Å²) in [6.07, 6.45) is 1.76. The van der Waals surface area contributed by atoms with E-state index in [-0.39, 0.29) is 5.41 Å². The molecule has 0 N–H and O–H groups in total. The van der Waals surface area contributed by atoms with Crippen molar-refractivity contribution in [3.63, 3.8) is 0 Å². The van der Waals surface area contributed by atoms with Crippen LogP contribution in [0, 0.1) is 13.8 Å². The van der Waals surface area contributed by atoms with Crippen LogP contribution in [0.2, 0.25) is 13.1 Å². The molecule has 0 atom stereocenters. The second kappa shape index (κ2) is 5.90. The summed E-state index contributed by atoms with van der Waals surface area (Å²) in [5.41, 5.74) is 6.72. The third kappa shape index (κ3) is 2.54. The van der Waals surface area contributed by atoms with Crippen molar-refractivity contribution in [2.75, 3.05) is 0 Å². The molecule has 0 radical (unpaired) electrons. The Balaban J connectivity index is 2.06. The minimum Gasteiger partial charge on any atom is -0.201 e. The molecule has 1 aliphatic rings. The van der Waals surface area contributed by atoms with Crippen molar-refractivity contribution in [1.82, 2.24) is 0 Å². The molecule has 1 aromatic heterocycles. The Labute approximate surface area is 168 Å². The van der Waals surface area contributed by atoms with Crippen molar-refractivity contribution in [3.8, 4) is 11.3 Å². The quantitative estimate of drug-likeness (QED) is 0.442. The normalized spacial score (nSPS) is 18.7. The first-order chi connectivity index (χ1) is 13.9. The molecule has 0 spiro atoms. The number of rotatable bonds is 1. The van der Waals surface area contributed by atoms with E-state index in [1.165, 1.54) is 32.6 Å². The summed E-state index contributed by atoms with van der Waals surface area (Å²) >= 11 is 0. The van der Waals surface area contributed by atoms with Gasteiger partial charge in [-0.1, -0.05) is 68.5 Å². The van der Waals surface area contributed by atoms with E-state index in [0.717, 1.165) is 5.69 Å². The fraction of sp³-hybridized carbons (Fsp3) is 0.320. The topological polar surface area (TPSA) is 3.88 Å². The lowest BCUT2D eigenvalue weighted by molar-refractivity contribution is -0.660. The summed E-state index contributed by atoms with van der Waals surface area (Å²) in [6.45, 7) is 9.61. The van der Waals surface area contributed by atoms with Crippen LogP contribution in [-0.2, 0) is 12.5 Å². The van der Waals surface area contributed by atoms with Crippen LogP contribution in [0.5, 0.6) is 0 Å². The Morgan fingerprint density at radius 3 is 2.41 bits per heavy atom. The lowest BCUT2D eigenvalue weighted by Crippen LogP contribution is -2.63. The number of nitrogens with zero attached hydrogens (tertiary/aromatic N) is 1. The highest BCUT2D eigenvalue weighted by atomic mass is 28.3. The fourth-order valence-corrected chi connectivity index (χ4v) is 8.80. The van der Waals surface area contributed by atoms with Gasteiger partial charge in [-0.15, -0.1) is 0 Å². The summed E-state index contributed by atoms with van der Waals surface area (Å²) < 4.78 is 25.3. The average Bonchev–Trinajstić information content (AvgIpc) is 2.66. The first kappa shape index (κ1) is 14.8. The van der Waals surface area contributed by atoms with Gasteiger partial charge in [0.2, 0.25) is 5.69 Å². The van der Waals surface area contributed by atoms with Crippen LogP contribution in [0.15, 0.2) is 54.7 Å². The number of fused-ring (bicyclic) bond motifs is 2. The molecule has 0 bridgehead atoms. The molecule has 1 aliphatic heterocycles. The van der Waals surface area contributed by atoms with Gasteiger partial charge in [-0.25, -0.2) is 4.57 Å². The predicted molar refractivity (Wildman–Crippen MR) is 118 cm³/mol. The highest BCUT2D eigenvalue weighted by Crippen LogP contribution is 2.38. The number of benzene rings is 2. The maximum atomic E-state index is 7.76. The Kier molecular flexibility index (Phi) is 3.24. The van der Waals surface area contributed by atoms with E-state index in [2.05, 4.69) is 70.3 Å². The maximum Gasteiger partial charge on any atom is 0.212 e. The van der Waals surface area contributed by atoms with Crippen LogP contribution in [0.1, 0.15) is 40.2 Å². The summed E-state index contributed by atoms with van der Waals surface area (Å²) in [5.74, 6) is 0. The number of hydrogen-bond donors (Lipinski definition) is 0. The Hall–Kier alpha value is -2.19. The minimum absolute atomic E-state index is 0.0753. The largest absolute Gasteiger partial charge is 0.212 e. The van der Waals surface area contributed by atoms with Gasteiger partial charge in [-0.3, -0.25) is 0 Å². The Bertz CT molecular complexity index is 1160. The zero-order valence-corrected chi connectivity index (χ0v) is 18.1. The van der Waals surface area contributed by atoms with Gasteiger partial charge in [0.15, 0.2) is 6.20 Å². The van der Waals surface area contributed by atoms with Gasteiger partial charge < -0.3 is 0 Å². The number of hydrogen-bond acceptors (Lipinski definition) is 0. The molecule has 1 nitrogen and oxygen atoms in total. The van der Waals surface area contributed by atoms with Crippen LogP contribution >= 0.6 is 0 Å². The van der Waals surface area contributed by atoms with Gasteiger partial charge in [0.25, 0.3) is 0 Å². The van der Waals surface area contributed by atoms with Gasteiger partial charge in [-0.05, 0) is 41.7 Å². The van der Waals surface area contributed by atoms with E-state index in [4.69, 9.17) is 4.11 Å². The smallest absolute Gasteiger partial charge is 0.201 e. The summed E-state index contributed by atoms with van der Waals surface area (Å²) in [4.78, 5) is 0. The van der Waals surface area contributed by atoms with E-state index in [9.17, 15) is 0 Å². The number of pyridine rings is 1. The average molecular weight is 376 g/mol. The first-order valence-corrected chi connectivity index (χ1v) is 12.6. The van der Waals surface area contributed by atoms with Crippen molar-refractivity contribution >= 4 is 18.4 Å². The van der Waals surface area contributed by atoms with Crippen LogP contribution in [0.4, 0.5) is 0 Å². The van der Waals surface area contributed by atoms with Gasteiger partial charge >= 0.3 is 0 Å². The second-order valence-corrected chi connectivity index (χ2v) is 13.2. The van der Waals surface area contributed by atoms with Crippen molar-refractivity contribution in [2.45, 2.75) is 46.1 Å². The van der Waals surface area contributed by atoms with Crippen molar-refractivity contribution < 1.29 is 8.68 Å². The zero-order chi connectivity index (χ0) is 22.1. The molecule has 3 aromatic rings. The van der Waals surface area contributed by atoms with E-state index in [0.29, 0.717) is 5.56 Å². The monoisotopic (exact) mass is 375 g/mol. The highest BCUT2D eigenvalue weighted by Gasteiger charge is 2.45. The molecule has 0 saturated carbocycles. The summed E-state index contributed by atoms with van der Waals surface area (Å²) in [5, 5.41) is 2.97. The fourth-order valence-electron chi connectivity index (χ4n) is 4.93. The van der Waals surface area contributed by atoms with Gasteiger partial charge in [-0.2, -0.15) is 0 Å². The Morgan fingerprint density at radius 2 is 1.70 bits per heavy atom. The molecule has 0 saturated heterocycles.